The molecule has 0 radical (unpaired) electrons. The number of ketones is 1. The van der Waals surface area contributed by atoms with E-state index in [4.69, 9.17) is 32.7 Å². The zero-order valence-corrected chi connectivity index (χ0v) is 24.9. The quantitative estimate of drug-likeness (QED) is 0.101. The van der Waals surface area contributed by atoms with Gasteiger partial charge in [-0.05, 0) is 43.9 Å². The number of hydrogen-bond donors (Lipinski definition) is 2. The standard InChI is InChI=1S/C34H30Cl2O6/c1-20(2)14-15-24-26(41-18-22-10-6-4-7-11-22)16-27(42-19-23-12-8-5-9-13-23)25(17-37)28(24)32(38)29-33(39)30(35)21(3)31(36)34(29)40/h4-14,16-17,39-40H,15,18-19H2,1-3H3. The molecule has 0 aliphatic heterocycles. The van der Waals surface area contributed by atoms with Crippen LogP contribution in [-0.4, -0.2) is 22.3 Å². The number of benzene rings is 4. The summed E-state index contributed by atoms with van der Waals surface area (Å²) in [6.07, 6.45) is 2.61. The summed E-state index contributed by atoms with van der Waals surface area (Å²) in [5, 5.41) is 21.4. The molecule has 6 nitrogen and oxygen atoms in total. The molecule has 4 rings (SSSR count). The van der Waals surface area contributed by atoms with Crippen LogP contribution in [0.1, 0.15) is 62.4 Å². The molecule has 0 aliphatic carbocycles. The fraction of sp³-hybridized carbons (Fsp3) is 0.176. The van der Waals surface area contributed by atoms with E-state index in [1.165, 1.54) is 6.92 Å². The maximum absolute atomic E-state index is 14.3. The highest BCUT2D eigenvalue weighted by Crippen LogP contribution is 2.46. The topological polar surface area (TPSA) is 93.1 Å². The van der Waals surface area contributed by atoms with Crippen molar-refractivity contribution in [2.75, 3.05) is 0 Å². The van der Waals surface area contributed by atoms with Gasteiger partial charge in [0, 0.05) is 17.2 Å². The van der Waals surface area contributed by atoms with Crippen molar-refractivity contribution in [1.29, 1.82) is 0 Å². The molecule has 4 aromatic carbocycles. The second kappa shape index (κ2) is 13.6. The maximum Gasteiger partial charge on any atom is 0.201 e. The number of rotatable bonds is 11. The van der Waals surface area contributed by atoms with Crippen LogP contribution >= 0.6 is 23.2 Å². The van der Waals surface area contributed by atoms with Crippen LogP contribution in [0, 0.1) is 6.92 Å². The number of aromatic hydroxyl groups is 2. The van der Waals surface area contributed by atoms with Gasteiger partial charge in [-0.1, -0.05) is 95.5 Å². The third-order valence-corrected chi connectivity index (χ3v) is 7.63. The Bertz CT molecular complexity index is 1610. The Hall–Kier alpha value is -4.26. The SMILES string of the molecule is CC(C)=CCc1c(OCc2ccccc2)cc(OCc2ccccc2)c(C=O)c1C(=O)c1c(O)c(Cl)c(C)c(Cl)c1O. The van der Waals surface area contributed by atoms with E-state index in [0.29, 0.717) is 17.6 Å². The van der Waals surface area contributed by atoms with Crippen LogP contribution in [0.15, 0.2) is 78.4 Å². The molecule has 0 spiro atoms. The van der Waals surface area contributed by atoms with Gasteiger partial charge in [0.2, 0.25) is 5.78 Å². The fourth-order valence-electron chi connectivity index (χ4n) is 4.42. The highest BCUT2D eigenvalue weighted by molar-refractivity contribution is 6.39. The summed E-state index contributed by atoms with van der Waals surface area (Å²) in [4.78, 5) is 26.9. The van der Waals surface area contributed by atoms with Gasteiger partial charge in [0.1, 0.15) is 41.8 Å². The maximum atomic E-state index is 14.3. The molecule has 0 bridgehead atoms. The molecule has 0 unspecified atom stereocenters. The predicted octanol–water partition coefficient (Wildman–Crippen LogP) is 8.42. The lowest BCUT2D eigenvalue weighted by molar-refractivity contribution is 0.102. The lowest BCUT2D eigenvalue weighted by Gasteiger charge is -2.21. The average Bonchev–Trinajstić information content (AvgIpc) is 3.00. The van der Waals surface area contributed by atoms with E-state index in [1.54, 1.807) is 6.07 Å². The van der Waals surface area contributed by atoms with E-state index >= 15 is 0 Å². The highest BCUT2D eigenvalue weighted by atomic mass is 35.5. The molecule has 4 aromatic rings. The summed E-state index contributed by atoms with van der Waals surface area (Å²) in [6, 6.07) is 20.4. The fourth-order valence-corrected chi connectivity index (χ4v) is 4.85. The van der Waals surface area contributed by atoms with E-state index < -0.39 is 22.8 Å². The van der Waals surface area contributed by atoms with E-state index in [2.05, 4.69) is 0 Å². The first kappa shape index (κ1) is 30.7. The van der Waals surface area contributed by atoms with Gasteiger partial charge in [-0.25, -0.2) is 0 Å². The van der Waals surface area contributed by atoms with Crippen molar-refractivity contribution in [1.82, 2.24) is 0 Å². The molecule has 42 heavy (non-hydrogen) atoms. The average molecular weight is 606 g/mol. The zero-order valence-electron chi connectivity index (χ0n) is 23.4. The Morgan fingerprint density at radius 3 is 1.79 bits per heavy atom. The monoisotopic (exact) mass is 604 g/mol. The first-order valence-corrected chi connectivity index (χ1v) is 14.0. The van der Waals surface area contributed by atoms with Gasteiger partial charge in [-0.2, -0.15) is 0 Å². The van der Waals surface area contributed by atoms with Crippen LogP contribution in [0.4, 0.5) is 0 Å². The van der Waals surface area contributed by atoms with E-state index in [0.717, 1.165) is 16.7 Å². The number of phenolic OH excluding ortho intramolecular Hbond substituents is 2. The molecule has 2 N–H and O–H groups in total. The van der Waals surface area contributed by atoms with Gasteiger partial charge in [0.15, 0.2) is 6.29 Å². The number of carbonyl (C=O) groups is 2. The summed E-state index contributed by atoms with van der Waals surface area (Å²) >= 11 is 12.6. The minimum Gasteiger partial charge on any atom is -0.505 e. The predicted molar refractivity (Wildman–Crippen MR) is 164 cm³/mol. The molecule has 0 saturated heterocycles. The number of phenols is 2. The summed E-state index contributed by atoms with van der Waals surface area (Å²) in [6.45, 7) is 5.60. The van der Waals surface area contributed by atoms with Crippen molar-refractivity contribution in [3.05, 3.63) is 127 Å². The van der Waals surface area contributed by atoms with Crippen molar-refractivity contribution >= 4 is 35.3 Å². The summed E-state index contributed by atoms with van der Waals surface area (Å²) in [5.74, 6) is -1.74. The summed E-state index contributed by atoms with van der Waals surface area (Å²) in [5.41, 5.74) is 2.59. The molecule has 0 aliphatic rings. The molecule has 8 heteroatoms. The number of ether oxygens (including phenoxy) is 2. The normalized spacial score (nSPS) is 10.7. The van der Waals surface area contributed by atoms with E-state index in [-0.39, 0.29) is 52.1 Å². The van der Waals surface area contributed by atoms with Gasteiger partial charge in [-0.15, -0.1) is 0 Å². The molecule has 0 heterocycles. The van der Waals surface area contributed by atoms with Gasteiger partial charge in [0.05, 0.1) is 15.6 Å². The number of carbonyl (C=O) groups excluding carboxylic acids is 2. The lowest BCUT2D eigenvalue weighted by atomic mass is 9.89. The second-order valence-corrected chi connectivity index (χ2v) is 10.7. The van der Waals surface area contributed by atoms with E-state index in [9.17, 15) is 19.8 Å². The van der Waals surface area contributed by atoms with Crippen LogP contribution in [0.25, 0.3) is 0 Å². The van der Waals surface area contributed by atoms with Gasteiger partial charge >= 0.3 is 0 Å². The summed E-state index contributed by atoms with van der Waals surface area (Å²) < 4.78 is 12.3. The zero-order chi connectivity index (χ0) is 30.4. The van der Waals surface area contributed by atoms with Crippen LogP contribution in [0.3, 0.4) is 0 Å². The van der Waals surface area contributed by atoms with Gasteiger partial charge in [0.25, 0.3) is 0 Å². The van der Waals surface area contributed by atoms with Crippen molar-refractivity contribution in [2.45, 2.75) is 40.4 Å². The molecular weight excluding hydrogens is 575 g/mol. The molecular formula is C34H30Cl2O6. The van der Waals surface area contributed by atoms with Gasteiger partial charge in [-0.3, -0.25) is 9.59 Å². The number of allylic oxidation sites excluding steroid dienone is 2. The Kier molecular flexibility index (Phi) is 9.94. The highest BCUT2D eigenvalue weighted by Gasteiger charge is 2.31. The number of halogens is 2. The third kappa shape index (κ3) is 6.62. The van der Waals surface area contributed by atoms with Gasteiger partial charge < -0.3 is 19.7 Å². The Balaban J connectivity index is 1.96. The van der Waals surface area contributed by atoms with Crippen molar-refractivity contribution in [2.24, 2.45) is 0 Å². The second-order valence-electron chi connectivity index (χ2n) is 9.95. The molecule has 0 aromatic heterocycles. The minimum atomic E-state index is -0.859. The minimum absolute atomic E-state index is 0.0632. The lowest BCUT2D eigenvalue weighted by Crippen LogP contribution is -2.14. The van der Waals surface area contributed by atoms with Crippen LogP contribution in [0.2, 0.25) is 10.0 Å². The molecule has 0 atom stereocenters. The molecule has 216 valence electrons. The molecule has 0 amide bonds. The van der Waals surface area contributed by atoms with Crippen LogP contribution < -0.4 is 9.47 Å². The summed E-state index contributed by atoms with van der Waals surface area (Å²) in [7, 11) is 0. The van der Waals surface area contributed by atoms with Crippen molar-refractivity contribution in [3.8, 4) is 23.0 Å². The Morgan fingerprint density at radius 1 is 0.810 bits per heavy atom. The molecule has 0 fully saturated rings. The molecule has 0 saturated carbocycles. The van der Waals surface area contributed by atoms with Crippen molar-refractivity contribution in [3.63, 3.8) is 0 Å². The smallest absolute Gasteiger partial charge is 0.201 e. The van der Waals surface area contributed by atoms with Crippen LogP contribution in [-0.2, 0) is 19.6 Å². The van der Waals surface area contributed by atoms with Crippen molar-refractivity contribution < 1.29 is 29.3 Å². The van der Waals surface area contributed by atoms with E-state index in [1.807, 2.05) is 80.6 Å². The first-order chi connectivity index (χ1) is 20.1. The third-order valence-electron chi connectivity index (χ3n) is 6.70. The Morgan fingerprint density at radius 2 is 1.31 bits per heavy atom. The number of aldehydes is 1. The first-order valence-electron chi connectivity index (χ1n) is 13.2. The van der Waals surface area contributed by atoms with Crippen LogP contribution in [0.5, 0.6) is 23.0 Å². The Labute approximate surface area is 254 Å². The largest absolute Gasteiger partial charge is 0.505 e. The number of hydrogen-bond acceptors (Lipinski definition) is 6.